The Morgan fingerprint density at radius 2 is 1.39 bits per heavy atom. The van der Waals surface area contributed by atoms with Gasteiger partial charge in [-0.25, -0.2) is 0 Å². The summed E-state index contributed by atoms with van der Waals surface area (Å²) < 4.78 is 0. The second-order valence-corrected chi connectivity index (χ2v) is 10.7. The van der Waals surface area contributed by atoms with E-state index in [1.807, 2.05) is 0 Å². The van der Waals surface area contributed by atoms with Gasteiger partial charge in [0.25, 0.3) is 0 Å². The molecule has 0 saturated carbocycles. The molecule has 0 atom stereocenters. The van der Waals surface area contributed by atoms with Crippen LogP contribution in [0.4, 0.5) is 0 Å². The molecule has 0 amide bonds. The first-order chi connectivity index (χ1) is 8.21. The fourth-order valence-corrected chi connectivity index (χ4v) is 5.84. The topological polar surface area (TPSA) is 0 Å². The fourth-order valence-electron chi connectivity index (χ4n) is 2.41. The second-order valence-electron chi connectivity index (χ2n) is 6.77. The minimum atomic E-state index is -0.0258. The molecule has 0 bridgehead atoms. The lowest BCUT2D eigenvalue weighted by Gasteiger charge is -2.41. The van der Waals surface area contributed by atoms with Gasteiger partial charge in [0.05, 0.1) is 0 Å². The lowest BCUT2D eigenvalue weighted by Crippen LogP contribution is -2.26. The van der Waals surface area contributed by atoms with E-state index in [4.69, 9.17) is 0 Å². The van der Waals surface area contributed by atoms with E-state index in [9.17, 15) is 0 Å². The summed E-state index contributed by atoms with van der Waals surface area (Å²) in [6.45, 7) is 14.3. The van der Waals surface area contributed by atoms with Crippen LogP contribution in [0.5, 0.6) is 0 Å². The third-order valence-corrected chi connectivity index (χ3v) is 6.83. The summed E-state index contributed by atoms with van der Waals surface area (Å²) in [6.07, 6.45) is 5.82. The maximum absolute atomic E-state index is 2.38. The normalized spacial score (nSPS) is 13.5. The molecule has 0 aromatic heterocycles. The average molecular weight is 262 g/mol. The minimum absolute atomic E-state index is 0.0258. The Labute approximate surface area is 114 Å². The van der Waals surface area contributed by atoms with Crippen LogP contribution in [0, 0.1) is 0 Å². The Morgan fingerprint density at radius 3 is 1.83 bits per heavy atom. The van der Waals surface area contributed by atoms with E-state index in [2.05, 4.69) is 84.0 Å². The van der Waals surface area contributed by atoms with Gasteiger partial charge in [-0.2, -0.15) is 0 Å². The van der Waals surface area contributed by atoms with E-state index in [0.29, 0.717) is 10.3 Å². The van der Waals surface area contributed by atoms with Crippen LogP contribution in [0.25, 0.3) is 6.08 Å². The van der Waals surface area contributed by atoms with E-state index in [0.717, 1.165) is 0 Å². The average Bonchev–Trinajstić information content (AvgIpc) is 2.22. The first-order valence-electron chi connectivity index (χ1n) is 6.70. The van der Waals surface area contributed by atoms with Gasteiger partial charge < -0.3 is 0 Å². The number of rotatable bonds is 3. The molecule has 1 heteroatoms. The molecule has 1 aromatic rings. The van der Waals surface area contributed by atoms with Gasteiger partial charge in [-0.15, -0.1) is 0 Å². The Balaban J connectivity index is 2.73. The molecule has 100 valence electrons. The lowest BCUT2D eigenvalue weighted by atomic mass is 10.2. The summed E-state index contributed by atoms with van der Waals surface area (Å²) in [7, 11) is -0.0258. The molecule has 0 aliphatic heterocycles. The summed E-state index contributed by atoms with van der Waals surface area (Å²) >= 11 is 0. The quantitative estimate of drug-likeness (QED) is 0.606. The molecule has 0 fully saturated rings. The SMILES string of the molecule is CC(C)(C)P(C/C=C/c1ccccc1)C(C)(C)C. The number of allylic oxidation sites excluding steroid dienone is 1. The predicted octanol–water partition coefficient (Wildman–Crippen LogP) is 5.78. The molecule has 0 radical (unpaired) electrons. The first-order valence-corrected chi connectivity index (χ1v) is 8.23. The molecule has 0 N–H and O–H groups in total. The molecule has 0 unspecified atom stereocenters. The second kappa shape index (κ2) is 6.02. The summed E-state index contributed by atoms with van der Waals surface area (Å²) in [6, 6.07) is 10.6. The zero-order valence-corrected chi connectivity index (χ0v) is 13.6. The highest BCUT2D eigenvalue weighted by atomic mass is 31.1. The number of benzene rings is 1. The van der Waals surface area contributed by atoms with E-state index in [-0.39, 0.29) is 7.92 Å². The van der Waals surface area contributed by atoms with E-state index < -0.39 is 0 Å². The molecule has 18 heavy (non-hydrogen) atoms. The van der Waals surface area contributed by atoms with Gasteiger partial charge in [0.1, 0.15) is 0 Å². The van der Waals surface area contributed by atoms with Crippen molar-refractivity contribution in [1.29, 1.82) is 0 Å². The molecule has 1 rings (SSSR count). The molecule has 0 aliphatic rings. The van der Waals surface area contributed by atoms with Crippen molar-refractivity contribution in [2.75, 3.05) is 6.16 Å². The van der Waals surface area contributed by atoms with Crippen LogP contribution in [0.15, 0.2) is 36.4 Å². The molecule has 0 nitrogen and oxygen atoms in total. The highest BCUT2D eigenvalue weighted by Gasteiger charge is 2.32. The Hall–Kier alpha value is -0.610. The molecular weight excluding hydrogens is 235 g/mol. The zero-order valence-electron chi connectivity index (χ0n) is 12.7. The highest BCUT2D eigenvalue weighted by molar-refractivity contribution is 7.61. The third kappa shape index (κ3) is 4.94. The van der Waals surface area contributed by atoms with Crippen LogP contribution in [0.1, 0.15) is 47.1 Å². The Kier molecular flexibility index (Phi) is 5.17. The monoisotopic (exact) mass is 262 g/mol. The lowest BCUT2D eigenvalue weighted by molar-refractivity contribution is 0.707. The number of hydrogen-bond acceptors (Lipinski definition) is 0. The van der Waals surface area contributed by atoms with Crippen LogP contribution in [-0.4, -0.2) is 16.5 Å². The van der Waals surface area contributed by atoms with E-state index in [1.54, 1.807) is 0 Å². The maximum atomic E-state index is 2.38. The van der Waals surface area contributed by atoms with Crippen molar-refractivity contribution in [3.63, 3.8) is 0 Å². The number of hydrogen-bond donors (Lipinski definition) is 0. The largest absolute Gasteiger partial charge is 0.0918 e. The van der Waals surface area contributed by atoms with Crippen molar-refractivity contribution >= 4 is 14.0 Å². The van der Waals surface area contributed by atoms with Gasteiger partial charge in [0.2, 0.25) is 0 Å². The van der Waals surface area contributed by atoms with Crippen molar-refractivity contribution in [1.82, 2.24) is 0 Å². The highest BCUT2D eigenvalue weighted by Crippen LogP contribution is 2.59. The van der Waals surface area contributed by atoms with E-state index >= 15 is 0 Å². The molecule has 1 aromatic carbocycles. The van der Waals surface area contributed by atoms with Gasteiger partial charge in [-0.1, -0.05) is 91.9 Å². The summed E-state index contributed by atoms with van der Waals surface area (Å²) in [5.74, 6) is 0. The van der Waals surface area contributed by atoms with Crippen LogP contribution in [0.3, 0.4) is 0 Å². The predicted molar refractivity (Wildman–Crippen MR) is 86.8 cm³/mol. The van der Waals surface area contributed by atoms with Crippen LogP contribution >= 0.6 is 7.92 Å². The zero-order chi connectivity index (χ0) is 13.8. The minimum Gasteiger partial charge on any atom is -0.0918 e. The first kappa shape index (κ1) is 15.4. The Bertz CT molecular complexity index is 362. The molecular formula is C17H27P. The smallest absolute Gasteiger partial charge is 0.0132 e. The molecule has 0 saturated heterocycles. The fraction of sp³-hybridized carbons (Fsp3) is 0.529. The Morgan fingerprint density at radius 1 is 0.889 bits per heavy atom. The molecule has 0 spiro atoms. The van der Waals surface area contributed by atoms with Crippen LogP contribution < -0.4 is 0 Å². The maximum Gasteiger partial charge on any atom is -0.0132 e. The van der Waals surface area contributed by atoms with E-state index in [1.165, 1.54) is 11.7 Å². The standard InChI is InChI=1S/C17H27P/c1-16(2,3)18(17(4,5)6)14-10-13-15-11-8-7-9-12-15/h7-13H,14H2,1-6H3/b13-10+. The van der Waals surface area contributed by atoms with Crippen molar-refractivity contribution in [3.05, 3.63) is 42.0 Å². The molecule has 0 aliphatic carbocycles. The van der Waals surface area contributed by atoms with Gasteiger partial charge >= 0.3 is 0 Å². The van der Waals surface area contributed by atoms with Gasteiger partial charge in [-0.05, 0) is 22.0 Å². The van der Waals surface area contributed by atoms with Crippen molar-refractivity contribution < 1.29 is 0 Å². The van der Waals surface area contributed by atoms with Crippen LogP contribution in [0.2, 0.25) is 0 Å². The summed E-state index contributed by atoms with van der Waals surface area (Å²) in [4.78, 5) is 0. The third-order valence-electron chi connectivity index (χ3n) is 3.02. The molecule has 0 heterocycles. The van der Waals surface area contributed by atoms with Crippen LogP contribution in [-0.2, 0) is 0 Å². The van der Waals surface area contributed by atoms with Crippen molar-refractivity contribution in [2.24, 2.45) is 0 Å². The summed E-state index contributed by atoms with van der Waals surface area (Å²) in [5, 5.41) is 0.823. The van der Waals surface area contributed by atoms with Gasteiger partial charge in [0, 0.05) is 0 Å². The van der Waals surface area contributed by atoms with Gasteiger partial charge in [-0.3, -0.25) is 0 Å². The summed E-state index contributed by atoms with van der Waals surface area (Å²) in [5.41, 5.74) is 1.30. The van der Waals surface area contributed by atoms with Crippen molar-refractivity contribution in [2.45, 2.75) is 51.9 Å². The van der Waals surface area contributed by atoms with Gasteiger partial charge in [0.15, 0.2) is 0 Å². The van der Waals surface area contributed by atoms with Crippen molar-refractivity contribution in [3.8, 4) is 0 Å².